The molecule has 2 aliphatic heterocycles. The molecular formula is C19H32N4O5. The molecule has 28 heavy (non-hydrogen) atoms. The number of likely N-dealkylation sites (tertiary alicyclic amines) is 1. The number of carbonyl (C=O) groups is 3. The molecule has 0 aromatic heterocycles. The maximum Gasteiger partial charge on any atom is 0.407 e. The molecule has 0 aromatic carbocycles. The minimum Gasteiger partial charge on any atom is -0.465 e. The fourth-order valence-corrected chi connectivity index (χ4v) is 4.40. The molecule has 9 heteroatoms. The number of carboxylic acid groups (broad SMARTS) is 1. The molecular weight excluding hydrogens is 364 g/mol. The molecule has 1 saturated carbocycles. The van der Waals surface area contributed by atoms with Gasteiger partial charge in [0, 0.05) is 53.2 Å². The summed E-state index contributed by atoms with van der Waals surface area (Å²) in [5.41, 5.74) is 0.135. The summed E-state index contributed by atoms with van der Waals surface area (Å²) in [6.07, 6.45) is 2.41. The normalized spacial score (nSPS) is 26.1. The third-order valence-electron chi connectivity index (χ3n) is 6.57. The predicted octanol–water partition coefficient (Wildman–Crippen LogP) is -0.108. The Balaban J connectivity index is 1.64. The van der Waals surface area contributed by atoms with Gasteiger partial charge in [0.2, 0.25) is 11.8 Å². The Morgan fingerprint density at radius 3 is 2.46 bits per heavy atom. The lowest BCUT2D eigenvalue weighted by atomic mass is 9.90. The van der Waals surface area contributed by atoms with Crippen molar-refractivity contribution in [2.45, 2.75) is 44.2 Å². The Labute approximate surface area is 165 Å². The summed E-state index contributed by atoms with van der Waals surface area (Å²) in [5, 5.41) is 19.6. The van der Waals surface area contributed by atoms with Crippen molar-refractivity contribution in [3.05, 3.63) is 0 Å². The van der Waals surface area contributed by atoms with E-state index in [0.29, 0.717) is 19.5 Å². The molecule has 3 aliphatic rings. The molecule has 3 amide bonds. The van der Waals surface area contributed by atoms with Gasteiger partial charge in [0.05, 0.1) is 6.10 Å². The minimum absolute atomic E-state index is 0.0917. The first-order chi connectivity index (χ1) is 13.2. The summed E-state index contributed by atoms with van der Waals surface area (Å²) in [4.78, 5) is 43.1. The maximum absolute atomic E-state index is 12.8. The van der Waals surface area contributed by atoms with Crippen LogP contribution in [-0.4, -0.2) is 113 Å². The first-order valence-corrected chi connectivity index (χ1v) is 10.1. The highest BCUT2D eigenvalue weighted by Gasteiger charge is 2.51. The molecule has 9 nitrogen and oxygen atoms in total. The molecule has 2 atom stereocenters. The Kier molecular flexibility index (Phi) is 6.14. The van der Waals surface area contributed by atoms with E-state index < -0.39 is 12.1 Å². The second-order valence-electron chi connectivity index (χ2n) is 8.57. The molecule has 0 radical (unpaired) electrons. The largest absolute Gasteiger partial charge is 0.465 e. The van der Waals surface area contributed by atoms with Crippen LogP contribution >= 0.6 is 0 Å². The van der Waals surface area contributed by atoms with Gasteiger partial charge in [-0.2, -0.15) is 0 Å². The maximum atomic E-state index is 12.8. The molecule has 2 N–H and O–H groups in total. The molecule has 2 heterocycles. The molecule has 0 aromatic rings. The SMILES string of the molecule is CN(C)C(=O)C(CCN1CCC2(CC2)C(O)C1)N1CCN(C(=O)O)CCC1=O. The molecule has 1 spiro atoms. The molecule has 2 saturated heterocycles. The van der Waals surface area contributed by atoms with Crippen LogP contribution in [0.3, 0.4) is 0 Å². The van der Waals surface area contributed by atoms with Gasteiger partial charge in [-0.1, -0.05) is 0 Å². The summed E-state index contributed by atoms with van der Waals surface area (Å²) in [5.74, 6) is -0.326. The highest BCUT2D eigenvalue weighted by Crippen LogP contribution is 2.53. The quantitative estimate of drug-likeness (QED) is 0.672. The van der Waals surface area contributed by atoms with E-state index in [0.717, 1.165) is 25.8 Å². The zero-order valence-corrected chi connectivity index (χ0v) is 16.8. The van der Waals surface area contributed by atoms with Gasteiger partial charge in [0.15, 0.2) is 0 Å². The van der Waals surface area contributed by atoms with Gasteiger partial charge >= 0.3 is 6.09 Å². The van der Waals surface area contributed by atoms with Crippen molar-refractivity contribution in [1.82, 2.24) is 19.6 Å². The third kappa shape index (κ3) is 4.41. The van der Waals surface area contributed by atoms with E-state index >= 15 is 0 Å². The summed E-state index contributed by atoms with van der Waals surface area (Å²) >= 11 is 0. The zero-order valence-electron chi connectivity index (χ0n) is 16.8. The average Bonchev–Trinajstić information content (AvgIpc) is 3.44. The molecule has 158 valence electrons. The van der Waals surface area contributed by atoms with Crippen LogP contribution < -0.4 is 0 Å². The van der Waals surface area contributed by atoms with E-state index in [4.69, 9.17) is 0 Å². The van der Waals surface area contributed by atoms with E-state index in [1.54, 1.807) is 19.0 Å². The lowest BCUT2D eigenvalue weighted by Gasteiger charge is -2.38. The standard InChI is InChI=1S/C19H32N4O5/c1-20(2)17(26)14(23-12-11-22(18(27)28)9-4-16(23)25)3-8-21-10-7-19(5-6-19)15(24)13-21/h14-15,24H,3-13H2,1-2H3,(H,27,28). The Morgan fingerprint density at radius 1 is 1.18 bits per heavy atom. The number of β-amino-alcohol motifs (C(OH)–C–C–N with tert-alkyl or cyclic N) is 1. The van der Waals surface area contributed by atoms with Crippen molar-refractivity contribution in [3.8, 4) is 0 Å². The molecule has 0 bridgehead atoms. The molecule has 2 unspecified atom stereocenters. The topological polar surface area (TPSA) is 105 Å². The van der Waals surface area contributed by atoms with Gasteiger partial charge in [-0.25, -0.2) is 4.79 Å². The van der Waals surface area contributed by atoms with Crippen molar-refractivity contribution >= 4 is 17.9 Å². The number of amides is 3. The molecule has 3 fully saturated rings. The Bertz CT molecular complexity index is 621. The number of aliphatic hydroxyl groups excluding tert-OH is 1. The van der Waals surface area contributed by atoms with E-state index in [9.17, 15) is 24.6 Å². The summed E-state index contributed by atoms with van der Waals surface area (Å²) in [6.45, 7) is 2.74. The molecule has 1 aliphatic carbocycles. The number of nitrogens with zero attached hydrogens (tertiary/aromatic N) is 4. The number of hydrogen-bond acceptors (Lipinski definition) is 5. The van der Waals surface area contributed by atoms with E-state index in [-0.39, 0.29) is 49.4 Å². The number of likely N-dealkylation sites (N-methyl/N-ethyl adjacent to an activating group) is 1. The van der Waals surface area contributed by atoms with Gasteiger partial charge < -0.3 is 29.8 Å². The smallest absolute Gasteiger partial charge is 0.407 e. The van der Waals surface area contributed by atoms with Gasteiger partial charge in [0.25, 0.3) is 0 Å². The van der Waals surface area contributed by atoms with E-state index in [2.05, 4.69) is 4.90 Å². The number of carbonyl (C=O) groups excluding carboxylic acids is 2. The van der Waals surface area contributed by atoms with Crippen LogP contribution in [0.1, 0.15) is 32.1 Å². The highest BCUT2D eigenvalue weighted by atomic mass is 16.4. The summed E-state index contributed by atoms with van der Waals surface area (Å²) in [6, 6.07) is -0.606. The van der Waals surface area contributed by atoms with Crippen molar-refractivity contribution in [2.75, 3.05) is 53.4 Å². The first kappa shape index (κ1) is 20.9. The summed E-state index contributed by atoms with van der Waals surface area (Å²) < 4.78 is 0. The Hall–Kier alpha value is -1.87. The molecule has 3 rings (SSSR count). The van der Waals surface area contributed by atoms with Crippen molar-refractivity contribution < 1.29 is 24.6 Å². The number of rotatable bonds is 5. The zero-order chi connectivity index (χ0) is 20.5. The first-order valence-electron chi connectivity index (χ1n) is 10.1. The van der Waals surface area contributed by atoms with Gasteiger partial charge in [0.1, 0.15) is 6.04 Å². The Morgan fingerprint density at radius 2 is 1.89 bits per heavy atom. The van der Waals surface area contributed by atoms with Crippen LogP contribution in [-0.2, 0) is 9.59 Å². The van der Waals surface area contributed by atoms with Crippen LogP contribution in [0.5, 0.6) is 0 Å². The van der Waals surface area contributed by atoms with Gasteiger partial charge in [-0.05, 0) is 37.6 Å². The van der Waals surface area contributed by atoms with Gasteiger partial charge in [-0.15, -0.1) is 0 Å². The van der Waals surface area contributed by atoms with Crippen molar-refractivity contribution in [1.29, 1.82) is 0 Å². The van der Waals surface area contributed by atoms with E-state index in [1.165, 1.54) is 9.80 Å². The monoisotopic (exact) mass is 396 g/mol. The van der Waals surface area contributed by atoms with Crippen molar-refractivity contribution in [3.63, 3.8) is 0 Å². The van der Waals surface area contributed by atoms with Gasteiger partial charge in [-0.3, -0.25) is 9.59 Å². The summed E-state index contributed by atoms with van der Waals surface area (Å²) in [7, 11) is 3.34. The van der Waals surface area contributed by atoms with E-state index in [1.807, 2.05) is 0 Å². The minimum atomic E-state index is -1.04. The second kappa shape index (κ2) is 8.24. The fraction of sp³-hybridized carbons (Fsp3) is 0.842. The fourth-order valence-electron chi connectivity index (χ4n) is 4.40. The third-order valence-corrected chi connectivity index (χ3v) is 6.57. The van der Waals surface area contributed by atoms with Crippen molar-refractivity contribution in [2.24, 2.45) is 5.41 Å². The number of hydrogen-bond donors (Lipinski definition) is 2. The average molecular weight is 396 g/mol. The lowest BCUT2D eigenvalue weighted by molar-refractivity contribution is -0.144. The van der Waals surface area contributed by atoms with Crippen LogP contribution in [0.4, 0.5) is 4.79 Å². The van der Waals surface area contributed by atoms with Crippen LogP contribution in [0.15, 0.2) is 0 Å². The lowest BCUT2D eigenvalue weighted by Crippen LogP contribution is -2.52. The number of aliphatic hydroxyl groups is 1. The van der Waals surface area contributed by atoms with Crippen LogP contribution in [0.2, 0.25) is 0 Å². The highest BCUT2D eigenvalue weighted by molar-refractivity contribution is 5.88. The number of piperidine rings is 1. The van der Waals surface area contributed by atoms with Crippen LogP contribution in [0.25, 0.3) is 0 Å². The second-order valence-corrected chi connectivity index (χ2v) is 8.57. The predicted molar refractivity (Wildman–Crippen MR) is 102 cm³/mol. The van der Waals surface area contributed by atoms with Crippen LogP contribution in [0, 0.1) is 5.41 Å².